The Balaban J connectivity index is 1.33. The second-order valence-electron chi connectivity index (χ2n) is 13.5. The molecule has 12 heteroatoms. The minimum Gasteiger partial charge on any atom is -0.504 e. The number of carbonyl (C=O) groups is 4. The van der Waals surface area contributed by atoms with Gasteiger partial charge >= 0.3 is 0 Å². The Morgan fingerprint density at radius 1 is 0.923 bits per heavy atom. The van der Waals surface area contributed by atoms with E-state index in [0.717, 1.165) is 14.2 Å². The van der Waals surface area contributed by atoms with Crippen molar-refractivity contribution >= 4 is 69.2 Å². The molecule has 4 aromatic carbocycles. The van der Waals surface area contributed by atoms with Gasteiger partial charge in [-0.3, -0.25) is 29.5 Å². The van der Waals surface area contributed by atoms with Gasteiger partial charge in [-0.1, -0.05) is 41.4 Å². The van der Waals surface area contributed by atoms with Crippen molar-refractivity contribution in [3.63, 3.8) is 0 Å². The molecular formula is C40H32ClFIN3O6. The van der Waals surface area contributed by atoms with Crippen LogP contribution >= 0.6 is 34.2 Å². The van der Waals surface area contributed by atoms with Crippen LogP contribution in [0.3, 0.4) is 0 Å². The van der Waals surface area contributed by atoms with Crippen LogP contribution in [-0.2, 0) is 24.6 Å². The van der Waals surface area contributed by atoms with E-state index in [1.807, 2.05) is 18.2 Å². The molecule has 4 amide bonds. The number of benzene rings is 4. The number of carbonyl (C=O) groups excluding carboxylic acids is 4. The van der Waals surface area contributed by atoms with E-state index in [1.165, 1.54) is 35.2 Å². The molecule has 1 saturated carbocycles. The third-order valence-electron chi connectivity index (χ3n) is 11.0. The van der Waals surface area contributed by atoms with Gasteiger partial charge in [-0.2, -0.15) is 5.01 Å². The Morgan fingerprint density at radius 2 is 1.63 bits per heavy atom. The molecule has 6 atom stereocenters. The summed E-state index contributed by atoms with van der Waals surface area (Å²) >= 11 is 8.54. The van der Waals surface area contributed by atoms with Gasteiger partial charge in [0.15, 0.2) is 11.5 Å². The Kier molecular flexibility index (Phi) is 8.61. The Hall–Kier alpha value is -4.75. The molecule has 2 aliphatic heterocycles. The zero-order valence-corrected chi connectivity index (χ0v) is 30.7. The summed E-state index contributed by atoms with van der Waals surface area (Å²) in [6, 6.07) is 24.2. The fourth-order valence-corrected chi connectivity index (χ4v) is 9.34. The van der Waals surface area contributed by atoms with Crippen molar-refractivity contribution in [1.82, 2.24) is 5.01 Å². The molecule has 0 aromatic heterocycles. The highest BCUT2D eigenvalue weighted by atomic mass is 127. The summed E-state index contributed by atoms with van der Waals surface area (Å²) in [5, 5.41) is 12.2. The lowest BCUT2D eigenvalue weighted by atomic mass is 9.49. The number of nitrogens with one attached hydrogen (secondary N) is 1. The molecule has 8 rings (SSSR count). The Morgan fingerprint density at radius 3 is 2.33 bits per heavy atom. The van der Waals surface area contributed by atoms with Crippen molar-refractivity contribution in [1.29, 1.82) is 0 Å². The lowest BCUT2D eigenvalue weighted by Gasteiger charge is -2.50. The van der Waals surface area contributed by atoms with Gasteiger partial charge in [0.05, 0.1) is 41.2 Å². The number of hydrazine groups is 1. The number of hydrogen-bond acceptors (Lipinski definition) is 7. The number of hydrogen-bond donors (Lipinski definition) is 2. The standard InChI is InChI=1S/C40H32ClFIN3O6/c1-2-52-33-19-21(3-18-32(33)47)35-28-16-17-29-34(38(50)45(36(29)48)27-14-10-25(43)11-15-27)30(28)20-31-37(49)46(44-26-12-8-24(42)9-13-26)39(51)40(31,35)22-4-6-23(41)7-5-22/h3-16,18-19,29-31,34-35,44,47H,2,17,20H2,1H3/t29-,30+,31-,34-,35-,40+/m0/s1. The third-order valence-corrected chi connectivity index (χ3v) is 11.9. The van der Waals surface area contributed by atoms with Crippen LogP contribution in [0.15, 0.2) is 103 Å². The first-order valence-electron chi connectivity index (χ1n) is 17.0. The van der Waals surface area contributed by atoms with E-state index in [9.17, 15) is 23.9 Å². The highest BCUT2D eigenvalue weighted by molar-refractivity contribution is 14.1. The number of ether oxygens (including phenoxy) is 1. The maximum atomic E-state index is 15.3. The molecule has 0 spiro atoms. The monoisotopic (exact) mass is 831 g/mol. The van der Waals surface area contributed by atoms with Crippen molar-refractivity contribution in [2.45, 2.75) is 31.1 Å². The molecule has 0 radical (unpaired) electrons. The summed E-state index contributed by atoms with van der Waals surface area (Å²) in [7, 11) is 0. The number of fused-ring (bicyclic) bond motifs is 4. The molecule has 3 fully saturated rings. The van der Waals surface area contributed by atoms with Crippen molar-refractivity contribution in [3.8, 4) is 11.5 Å². The van der Waals surface area contributed by atoms with Gasteiger partial charge in [-0.25, -0.2) is 4.39 Å². The normalized spacial score (nSPS) is 26.5. The van der Waals surface area contributed by atoms with Crippen LogP contribution in [0.1, 0.15) is 36.8 Å². The van der Waals surface area contributed by atoms with Gasteiger partial charge in [0.1, 0.15) is 5.82 Å². The van der Waals surface area contributed by atoms with Gasteiger partial charge in [-0.05, 0) is 132 Å². The number of anilines is 2. The van der Waals surface area contributed by atoms with Gasteiger partial charge < -0.3 is 9.84 Å². The summed E-state index contributed by atoms with van der Waals surface area (Å²) in [6.07, 6.45) is 2.33. The van der Waals surface area contributed by atoms with Crippen LogP contribution in [-0.4, -0.2) is 40.4 Å². The van der Waals surface area contributed by atoms with E-state index in [4.69, 9.17) is 16.3 Å². The Bertz CT molecular complexity index is 2160. The molecule has 0 bridgehead atoms. The lowest BCUT2D eigenvalue weighted by molar-refractivity contribution is -0.138. The van der Waals surface area contributed by atoms with E-state index >= 15 is 4.79 Å². The molecule has 4 aliphatic rings. The van der Waals surface area contributed by atoms with E-state index in [2.05, 4.69) is 28.0 Å². The van der Waals surface area contributed by atoms with Gasteiger partial charge in [0.25, 0.3) is 11.8 Å². The van der Waals surface area contributed by atoms with Crippen molar-refractivity contribution in [2.24, 2.45) is 23.7 Å². The molecule has 2 saturated heterocycles. The number of rotatable bonds is 7. The number of phenols is 1. The minimum atomic E-state index is -1.55. The van der Waals surface area contributed by atoms with Crippen LogP contribution in [0.4, 0.5) is 15.8 Å². The van der Waals surface area contributed by atoms with Gasteiger partial charge in [0.2, 0.25) is 11.8 Å². The first-order chi connectivity index (χ1) is 25.0. The second-order valence-corrected chi connectivity index (χ2v) is 15.2. The lowest BCUT2D eigenvalue weighted by Crippen LogP contribution is -2.53. The molecule has 2 aliphatic carbocycles. The summed E-state index contributed by atoms with van der Waals surface area (Å²) in [6.45, 7) is 2.05. The zero-order chi connectivity index (χ0) is 36.5. The number of imide groups is 2. The molecule has 2 heterocycles. The quantitative estimate of drug-likeness (QED) is 0.114. The number of halogens is 3. The highest BCUT2D eigenvalue weighted by Crippen LogP contribution is 2.64. The molecule has 52 heavy (non-hydrogen) atoms. The number of nitrogens with zero attached hydrogens (tertiary/aromatic N) is 2. The predicted octanol–water partition coefficient (Wildman–Crippen LogP) is 7.38. The molecule has 0 unspecified atom stereocenters. The first-order valence-corrected chi connectivity index (χ1v) is 18.5. The number of allylic oxidation sites excluding steroid dienone is 2. The fraction of sp³-hybridized carbons (Fsp3) is 0.250. The fourth-order valence-electron chi connectivity index (χ4n) is 8.86. The van der Waals surface area contributed by atoms with E-state index in [-0.39, 0.29) is 42.8 Å². The van der Waals surface area contributed by atoms with E-state index < -0.39 is 52.6 Å². The van der Waals surface area contributed by atoms with Crippen molar-refractivity contribution in [3.05, 3.63) is 128 Å². The SMILES string of the molecule is CCOc1cc([C@H]2C3=CC[C@@H]4C(=O)N(c5ccc(I)cc5)C(=O)[C@@H]4[C@@H]3C[C@H]3C(=O)N(Nc4ccc(F)cc4)C(=O)[C@@]23c2ccc(Cl)cc2)ccc1O. The van der Waals surface area contributed by atoms with Crippen LogP contribution in [0, 0.1) is 33.1 Å². The van der Waals surface area contributed by atoms with Crippen molar-refractivity contribution < 1.29 is 33.4 Å². The molecular weight excluding hydrogens is 800 g/mol. The summed E-state index contributed by atoms with van der Waals surface area (Å²) in [5.41, 5.74) is 4.09. The molecule has 2 N–H and O–H groups in total. The van der Waals surface area contributed by atoms with Crippen LogP contribution in [0.2, 0.25) is 5.02 Å². The smallest absolute Gasteiger partial charge is 0.260 e. The van der Waals surface area contributed by atoms with Crippen LogP contribution in [0.5, 0.6) is 11.5 Å². The highest BCUT2D eigenvalue weighted by Gasteiger charge is 2.70. The Labute approximate surface area is 317 Å². The summed E-state index contributed by atoms with van der Waals surface area (Å²) in [4.78, 5) is 59.8. The molecule has 4 aromatic rings. The van der Waals surface area contributed by atoms with Gasteiger partial charge in [0, 0.05) is 14.5 Å². The second kappa shape index (κ2) is 13.0. The van der Waals surface area contributed by atoms with E-state index in [1.54, 1.807) is 55.5 Å². The molecule has 9 nitrogen and oxygen atoms in total. The maximum absolute atomic E-state index is 15.3. The number of phenolic OH excluding ortho intramolecular Hbond substituents is 1. The van der Waals surface area contributed by atoms with Gasteiger partial charge in [-0.15, -0.1) is 0 Å². The third kappa shape index (κ3) is 5.22. The average Bonchev–Trinajstić information content (AvgIpc) is 3.51. The van der Waals surface area contributed by atoms with Crippen LogP contribution in [0.25, 0.3) is 0 Å². The number of aromatic hydroxyl groups is 1. The maximum Gasteiger partial charge on any atom is 0.260 e. The van der Waals surface area contributed by atoms with Crippen LogP contribution < -0.4 is 15.1 Å². The predicted molar refractivity (Wildman–Crippen MR) is 200 cm³/mol. The largest absolute Gasteiger partial charge is 0.504 e. The zero-order valence-electron chi connectivity index (χ0n) is 27.8. The minimum absolute atomic E-state index is 0.0918. The summed E-state index contributed by atoms with van der Waals surface area (Å²) in [5.74, 6) is -5.90. The first kappa shape index (κ1) is 34.3. The topological polar surface area (TPSA) is 116 Å². The molecule has 264 valence electrons. The summed E-state index contributed by atoms with van der Waals surface area (Å²) < 4.78 is 20.6. The average molecular weight is 832 g/mol. The van der Waals surface area contributed by atoms with Crippen molar-refractivity contribution in [2.75, 3.05) is 16.9 Å². The number of amides is 4. The van der Waals surface area contributed by atoms with E-state index in [0.29, 0.717) is 27.5 Å².